The molecule has 96 valence electrons. The maximum atomic E-state index is 11.8. The van der Waals surface area contributed by atoms with Gasteiger partial charge < -0.3 is 10.0 Å². The van der Waals surface area contributed by atoms with Crippen LogP contribution in [0.3, 0.4) is 0 Å². The van der Waals surface area contributed by atoms with Crippen LogP contribution in [0.2, 0.25) is 0 Å². The van der Waals surface area contributed by atoms with E-state index < -0.39 is 5.97 Å². The van der Waals surface area contributed by atoms with Crippen LogP contribution in [0.4, 0.5) is 0 Å². The normalized spacial score (nSPS) is 10.5. The quantitative estimate of drug-likeness (QED) is 0.782. The van der Waals surface area contributed by atoms with E-state index in [1.165, 1.54) is 11.0 Å². The number of nitrogens with zero attached hydrogens (tertiary/aromatic N) is 1. The topological polar surface area (TPSA) is 57.6 Å². The molecular formula is C14H17NO3. The van der Waals surface area contributed by atoms with Gasteiger partial charge in [0.1, 0.15) is 6.54 Å². The average Bonchev–Trinajstić information content (AvgIpc) is 2.36. The molecule has 0 bridgehead atoms. The van der Waals surface area contributed by atoms with Gasteiger partial charge >= 0.3 is 5.97 Å². The molecule has 0 aromatic heterocycles. The molecule has 0 atom stereocenters. The molecule has 4 nitrogen and oxygen atoms in total. The Kier molecular flexibility index (Phi) is 5.64. The molecule has 1 N–H and O–H groups in total. The van der Waals surface area contributed by atoms with Crippen molar-refractivity contribution in [3.8, 4) is 0 Å². The molecule has 0 unspecified atom stereocenters. The summed E-state index contributed by atoms with van der Waals surface area (Å²) < 4.78 is 0. The molecule has 0 fully saturated rings. The SMILES string of the molecule is CCCN(CC(=O)O)C(=O)/C=C/c1ccccc1. The first-order valence-electron chi connectivity index (χ1n) is 5.87. The van der Waals surface area contributed by atoms with Crippen molar-refractivity contribution in [3.63, 3.8) is 0 Å². The van der Waals surface area contributed by atoms with Gasteiger partial charge in [0.15, 0.2) is 0 Å². The van der Waals surface area contributed by atoms with Crippen molar-refractivity contribution in [2.24, 2.45) is 0 Å². The lowest BCUT2D eigenvalue weighted by molar-refractivity contribution is -0.142. The van der Waals surface area contributed by atoms with E-state index in [1.54, 1.807) is 6.08 Å². The third-order valence-corrected chi connectivity index (χ3v) is 2.35. The highest BCUT2D eigenvalue weighted by Crippen LogP contribution is 2.02. The Morgan fingerprint density at radius 1 is 1.28 bits per heavy atom. The van der Waals surface area contributed by atoms with Crippen molar-refractivity contribution < 1.29 is 14.7 Å². The van der Waals surface area contributed by atoms with Gasteiger partial charge in [0.25, 0.3) is 0 Å². The first kappa shape index (κ1) is 14.0. The standard InChI is InChI=1S/C14H17NO3/c1-2-10-15(11-14(17)18)13(16)9-8-12-6-4-3-5-7-12/h3-9H,2,10-11H2,1H3,(H,17,18)/b9-8+. The van der Waals surface area contributed by atoms with E-state index in [-0.39, 0.29) is 12.5 Å². The number of carboxylic acid groups (broad SMARTS) is 1. The van der Waals surface area contributed by atoms with Gasteiger partial charge in [-0.25, -0.2) is 0 Å². The van der Waals surface area contributed by atoms with Crippen molar-refractivity contribution in [2.75, 3.05) is 13.1 Å². The van der Waals surface area contributed by atoms with Gasteiger partial charge in [-0.15, -0.1) is 0 Å². The Labute approximate surface area is 107 Å². The van der Waals surface area contributed by atoms with Crippen LogP contribution >= 0.6 is 0 Å². The van der Waals surface area contributed by atoms with Crippen molar-refractivity contribution in [1.82, 2.24) is 4.90 Å². The average molecular weight is 247 g/mol. The maximum Gasteiger partial charge on any atom is 0.323 e. The summed E-state index contributed by atoms with van der Waals surface area (Å²) in [6.45, 7) is 2.10. The van der Waals surface area contributed by atoms with Crippen LogP contribution < -0.4 is 0 Å². The van der Waals surface area contributed by atoms with E-state index >= 15 is 0 Å². The zero-order valence-corrected chi connectivity index (χ0v) is 10.4. The van der Waals surface area contributed by atoms with Crippen molar-refractivity contribution in [2.45, 2.75) is 13.3 Å². The van der Waals surface area contributed by atoms with E-state index in [9.17, 15) is 9.59 Å². The zero-order valence-electron chi connectivity index (χ0n) is 10.4. The molecule has 0 heterocycles. The summed E-state index contributed by atoms with van der Waals surface area (Å²) in [7, 11) is 0. The van der Waals surface area contributed by atoms with Gasteiger partial charge in [0.05, 0.1) is 0 Å². The van der Waals surface area contributed by atoms with E-state index in [4.69, 9.17) is 5.11 Å². The lowest BCUT2D eigenvalue weighted by atomic mass is 10.2. The van der Waals surface area contributed by atoms with E-state index in [0.717, 1.165) is 12.0 Å². The maximum absolute atomic E-state index is 11.8. The molecule has 0 aliphatic rings. The second-order valence-corrected chi connectivity index (χ2v) is 3.90. The Bertz CT molecular complexity index is 426. The van der Waals surface area contributed by atoms with E-state index in [1.807, 2.05) is 37.3 Å². The van der Waals surface area contributed by atoms with Crippen LogP contribution in [0.1, 0.15) is 18.9 Å². The number of carbonyl (C=O) groups is 2. The zero-order chi connectivity index (χ0) is 13.4. The second-order valence-electron chi connectivity index (χ2n) is 3.90. The van der Waals surface area contributed by atoms with Crippen LogP contribution in [0.25, 0.3) is 6.08 Å². The fourth-order valence-corrected chi connectivity index (χ4v) is 1.54. The predicted molar refractivity (Wildman–Crippen MR) is 70.0 cm³/mol. The minimum atomic E-state index is -0.995. The number of rotatable bonds is 6. The summed E-state index contributed by atoms with van der Waals surface area (Å²) in [4.78, 5) is 23.8. The van der Waals surface area contributed by atoms with Gasteiger partial charge in [-0.3, -0.25) is 9.59 Å². The van der Waals surface area contributed by atoms with E-state index in [2.05, 4.69) is 0 Å². The first-order chi connectivity index (χ1) is 8.63. The number of hydrogen-bond donors (Lipinski definition) is 1. The Morgan fingerprint density at radius 2 is 1.94 bits per heavy atom. The minimum Gasteiger partial charge on any atom is -0.480 e. The summed E-state index contributed by atoms with van der Waals surface area (Å²) in [5.74, 6) is -1.27. The highest BCUT2D eigenvalue weighted by molar-refractivity contribution is 5.93. The molecular weight excluding hydrogens is 230 g/mol. The van der Waals surface area contributed by atoms with Crippen LogP contribution in [0, 0.1) is 0 Å². The van der Waals surface area contributed by atoms with Gasteiger partial charge in [-0.1, -0.05) is 37.3 Å². The largest absolute Gasteiger partial charge is 0.480 e. The first-order valence-corrected chi connectivity index (χ1v) is 5.87. The third-order valence-electron chi connectivity index (χ3n) is 2.35. The van der Waals surface area contributed by atoms with Crippen LogP contribution in [0.15, 0.2) is 36.4 Å². The second kappa shape index (κ2) is 7.27. The number of hydrogen-bond acceptors (Lipinski definition) is 2. The van der Waals surface area contributed by atoms with Gasteiger partial charge in [-0.05, 0) is 18.1 Å². The number of aliphatic carboxylic acids is 1. The molecule has 1 aromatic rings. The molecule has 1 rings (SSSR count). The van der Waals surface area contributed by atoms with Crippen molar-refractivity contribution >= 4 is 18.0 Å². The number of benzene rings is 1. The molecule has 0 radical (unpaired) electrons. The molecule has 4 heteroatoms. The molecule has 0 aliphatic carbocycles. The summed E-state index contributed by atoms with van der Waals surface area (Å²) in [5, 5.41) is 8.73. The Balaban J connectivity index is 2.66. The lowest BCUT2D eigenvalue weighted by Crippen LogP contribution is -2.35. The monoisotopic (exact) mass is 247 g/mol. The molecule has 0 aliphatic heterocycles. The van der Waals surface area contributed by atoms with Crippen molar-refractivity contribution in [3.05, 3.63) is 42.0 Å². The number of carboxylic acids is 1. The lowest BCUT2D eigenvalue weighted by Gasteiger charge is -2.17. The fraction of sp³-hybridized carbons (Fsp3) is 0.286. The highest BCUT2D eigenvalue weighted by Gasteiger charge is 2.12. The van der Waals surface area contributed by atoms with Gasteiger partial charge in [-0.2, -0.15) is 0 Å². The summed E-state index contributed by atoms with van der Waals surface area (Å²) >= 11 is 0. The molecule has 0 saturated heterocycles. The van der Waals surface area contributed by atoms with Gasteiger partial charge in [0.2, 0.25) is 5.91 Å². The number of amides is 1. The predicted octanol–water partition coefficient (Wildman–Crippen LogP) is 2.02. The fourth-order valence-electron chi connectivity index (χ4n) is 1.54. The summed E-state index contributed by atoms with van der Waals surface area (Å²) in [6, 6.07) is 9.42. The summed E-state index contributed by atoms with van der Waals surface area (Å²) in [5.41, 5.74) is 0.914. The molecule has 0 spiro atoms. The third kappa shape index (κ3) is 4.82. The van der Waals surface area contributed by atoms with Crippen LogP contribution in [-0.4, -0.2) is 35.0 Å². The molecule has 18 heavy (non-hydrogen) atoms. The Hall–Kier alpha value is -2.10. The molecule has 1 aromatic carbocycles. The highest BCUT2D eigenvalue weighted by atomic mass is 16.4. The van der Waals surface area contributed by atoms with Crippen LogP contribution in [0.5, 0.6) is 0 Å². The smallest absolute Gasteiger partial charge is 0.323 e. The molecule has 1 amide bonds. The van der Waals surface area contributed by atoms with Gasteiger partial charge in [0, 0.05) is 12.6 Å². The number of carbonyl (C=O) groups excluding carboxylic acids is 1. The summed E-state index contributed by atoms with van der Waals surface area (Å²) in [6.07, 6.45) is 3.83. The minimum absolute atomic E-state index is 0.258. The van der Waals surface area contributed by atoms with Crippen molar-refractivity contribution in [1.29, 1.82) is 0 Å². The van der Waals surface area contributed by atoms with Crippen LogP contribution in [-0.2, 0) is 9.59 Å². The Morgan fingerprint density at radius 3 is 2.50 bits per heavy atom. The molecule has 0 saturated carbocycles. The van der Waals surface area contributed by atoms with E-state index in [0.29, 0.717) is 6.54 Å².